The van der Waals surface area contributed by atoms with Gasteiger partial charge in [-0.25, -0.2) is 0 Å². The lowest BCUT2D eigenvalue weighted by molar-refractivity contribution is -0.384. The van der Waals surface area contributed by atoms with Crippen LogP contribution in [0, 0.1) is 16.0 Å². The lowest BCUT2D eigenvalue weighted by Crippen LogP contribution is -2.27. The first-order chi connectivity index (χ1) is 9.47. The number of hydrogen-bond donors (Lipinski definition) is 0. The largest absolute Gasteiger partial charge is 0.296 e. The number of nitrogens with zero attached hydrogens (tertiary/aromatic N) is 2. The molecular formula is C15H21ClN2O2. The average molecular weight is 297 g/mol. The van der Waals surface area contributed by atoms with E-state index in [4.69, 9.17) is 11.6 Å². The van der Waals surface area contributed by atoms with Crippen molar-refractivity contribution >= 4 is 17.3 Å². The van der Waals surface area contributed by atoms with Crippen LogP contribution in [0.1, 0.15) is 38.7 Å². The quantitative estimate of drug-likeness (QED) is 0.558. The van der Waals surface area contributed by atoms with Gasteiger partial charge in [0.1, 0.15) is 0 Å². The summed E-state index contributed by atoms with van der Waals surface area (Å²) >= 11 is 6.18. The van der Waals surface area contributed by atoms with E-state index in [-0.39, 0.29) is 10.6 Å². The summed E-state index contributed by atoms with van der Waals surface area (Å²) in [6, 6.07) is 5.32. The molecule has 0 heterocycles. The third-order valence-corrected chi connectivity index (χ3v) is 4.04. The Bertz CT molecular complexity index is 487. The Morgan fingerprint density at radius 3 is 2.70 bits per heavy atom. The Morgan fingerprint density at radius 2 is 2.15 bits per heavy atom. The van der Waals surface area contributed by atoms with Crippen LogP contribution in [0.4, 0.5) is 5.69 Å². The molecule has 5 heteroatoms. The zero-order valence-corrected chi connectivity index (χ0v) is 12.8. The Hall–Kier alpha value is -1.13. The summed E-state index contributed by atoms with van der Waals surface area (Å²) in [4.78, 5) is 12.9. The molecule has 0 unspecified atom stereocenters. The minimum atomic E-state index is -0.366. The molecular weight excluding hydrogens is 276 g/mol. The van der Waals surface area contributed by atoms with Crippen molar-refractivity contribution in [3.8, 4) is 0 Å². The average Bonchev–Trinajstić information content (AvgIpc) is 3.20. The van der Waals surface area contributed by atoms with Gasteiger partial charge in [0.15, 0.2) is 0 Å². The molecule has 0 aromatic heterocycles. The minimum Gasteiger partial charge on any atom is -0.296 e. The second-order valence-corrected chi connectivity index (χ2v) is 6.32. The van der Waals surface area contributed by atoms with Gasteiger partial charge in [0.2, 0.25) is 0 Å². The number of nitro benzene ring substituents is 1. The number of benzene rings is 1. The van der Waals surface area contributed by atoms with Gasteiger partial charge in [-0.05, 0) is 43.4 Å². The molecule has 1 aromatic rings. The van der Waals surface area contributed by atoms with Crippen LogP contribution in [0.5, 0.6) is 0 Å². The zero-order chi connectivity index (χ0) is 14.7. The van der Waals surface area contributed by atoms with Gasteiger partial charge in [-0.1, -0.05) is 25.4 Å². The molecule has 0 saturated heterocycles. The molecule has 0 N–H and O–H groups in total. The van der Waals surface area contributed by atoms with E-state index < -0.39 is 0 Å². The maximum absolute atomic E-state index is 10.9. The van der Waals surface area contributed by atoms with Crippen molar-refractivity contribution in [3.05, 3.63) is 38.9 Å². The summed E-state index contributed by atoms with van der Waals surface area (Å²) in [5.74, 6) is 0.664. The fourth-order valence-electron chi connectivity index (χ4n) is 2.27. The maximum atomic E-state index is 10.9. The van der Waals surface area contributed by atoms with Crippen LogP contribution in [0.25, 0.3) is 0 Å². The Morgan fingerprint density at radius 1 is 1.45 bits per heavy atom. The predicted octanol–water partition coefficient (Wildman–Crippen LogP) is 4.26. The van der Waals surface area contributed by atoms with Crippen molar-refractivity contribution in [3.63, 3.8) is 0 Å². The summed E-state index contributed by atoms with van der Waals surface area (Å²) < 4.78 is 0. The molecule has 1 fully saturated rings. The number of nitro groups is 1. The molecule has 0 atom stereocenters. The van der Waals surface area contributed by atoms with E-state index in [0.29, 0.717) is 23.5 Å². The minimum absolute atomic E-state index is 0.115. The monoisotopic (exact) mass is 296 g/mol. The second kappa shape index (κ2) is 6.55. The topological polar surface area (TPSA) is 46.4 Å². The van der Waals surface area contributed by atoms with Crippen molar-refractivity contribution in [1.82, 2.24) is 4.90 Å². The first-order valence-corrected chi connectivity index (χ1v) is 7.52. The van der Waals surface area contributed by atoms with Crippen LogP contribution in [0.15, 0.2) is 18.2 Å². The van der Waals surface area contributed by atoms with E-state index in [1.165, 1.54) is 18.9 Å². The summed E-state index contributed by atoms with van der Waals surface area (Å²) in [6.07, 6.45) is 3.60. The number of rotatable bonds is 7. The highest BCUT2D eigenvalue weighted by molar-refractivity contribution is 6.31. The summed E-state index contributed by atoms with van der Waals surface area (Å²) in [5.41, 5.74) is 0.973. The van der Waals surface area contributed by atoms with Crippen LogP contribution in [-0.2, 0) is 6.54 Å². The molecule has 4 nitrogen and oxygen atoms in total. The summed E-state index contributed by atoms with van der Waals surface area (Å²) in [5, 5.41) is 11.5. The van der Waals surface area contributed by atoms with E-state index >= 15 is 0 Å². The smallest absolute Gasteiger partial charge is 0.269 e. The third kappa shape index (κ3) is 4.18. The molecule has 0 radical (unpaired) electrons. The highest BCUT2D eigenvalue weighted by Crippen LogP contribution is 2.31. The van der Waals surface area contributed by atoms with E-state index in [2.05, 4.69) is 18.7 Å². The summed E-state index contributed by atoms with van der Waals surface area (Å²) in [6.45, 7) is 6.16. The first-order valence-electron chi connectivity index (χ1n) is 7.14. The maximum Gasteiger partial charge on any atom is 0.269 e. The van der Waals surface area contributed by atoms with Gasteiger partial charge in [-0.15, -0.1) is 0 Å². The molecule has 0 amide bonds. The molecule has 0 spiro atoms. The SMILES string of the molecule is CC(C)CCN(Cc1cc([N+](=O)[O-])ccc1Cl)C1CC1. The van der Waals surface area contributed by atoms with Gasteiger partial charge in [0, 0.05) is 29.7 Å². The van der Waals surface area contributed by atoms with Gasteiger partial charge < -0.3 is 0 Å². The van der Waals surface area contributed by atoms with Crippen molar-refractivity contribution in [2.45, 2.75) is 45.7 Å². The highest BCUT2D eigenvalue weighted by atomic mass is 35.5. The van der Waals surface area contributed by atoms with Crippen molar-refractivity contribution < 1.29 is 4.92 Å². The molecule has 20 heavy (non-hydrogen) atoms. The van der Waals surface area contributed by atoms with Gasteiger partial charge >= 0.3 is 0 Å². The Balaban J connectivity index is 2.09. The first kappa shape index (κ1) is 15.3. The Kier molecular flexibility index (Phi) is 5.00. The van der Waals surface area contributed by atoms with Gasteiger partial charge in [-0.3, -0.25) is 15.0 Å². The molecule has 1 saturated carbocycles. The number of non-ortho nitro benzene ring substituents is 1. The lowest BCUT2D eigenvalue weighted by atomic mass is 10.1. The molecule has 1 aromatic carbocycles. The second-order valence-electron chi connectivity index (χ2n) is 5.92. The third-order valence-electron chi connectivity index (χ3n) is 3.67. The Labute approximate surface area is 124 Å². The normalized spacial score (nSPS) is 15.1. The van der Waals surface area contributed by atoms with E-state index in [1.54, 1.807) is 12.1 Å². The van der Waals surface area contributed by atoms with Crippen LogP contribution < -0.4 is 0 Å². The standard InChI is InChI=1S/C15H21ClN2O2/c1-11(2)7-8-17(13-3-4-13)10-12-9-14(18(19)20)5-6-15(12)16/h5-6,9,11,13H,3-4,7-8,10H2,1-2H3. The van der Waals surface area contributed by atoms with Crippen LogP contribution in [-0.4, -0.2) is 22.4 Å². The number of hydrogen-bond acceptors (Lipinski definition) is 3. The van der Waals surface area contributed by atoms with E-state index in [0.717, 1.165) is 18.5 Å². The molecule has 2 rings (SSSR count). The van der Waals surface area contributed by atoms with Crippen molar-refractivity contribution in [1.29, 1.82) is 0 Å². The molecule has 1 aliphatic rings. The van der Waals surface area contributed by atoms with Crippen LogP contribution in [0.2, 0.25) is 5.02 Å². The van der Waals surface area contributed by atoms with Crippen LogP contribution in [0.3, 0.4) is 0 Å². The fourth-order valence-corrected chi connectivity index (χ4v) is 2.45. The van der Waals surface area contributed by atoms with Crippen molar-refractivity contribution in [2.24, 2.45) is 5.92 Å². The van der Waals surface area contributed by atoms with Crippen LogP contribution >= 0.6 is 11.6 Å². The highest BCUT2D eigenvalue weighted by Gasteiger charge is 2.29. The van der Waals surface area contributed by atoms with E-state index in [1.807, 2.05) is 0 Å². The molecule has 0 bridgehead atoms. The van der Waals surface area contributed by atoms with Gasteiger partial charge in [-0.2, -0.15) is 0 Å². The zero-order valence-electron chi connectivity index (χ0n) is 12.0. The molecule has 0 aliphatic heterocycles. The van der Waals surface area contributed by atoms with E-state index in [9.17, 15) is 10.1 Å². The van der Waals surface area contributed by atoms with Gasteiger partial charge in [0.05, 0.1) is 4.92 Å². The fraction of sp³-hybridized carbons (Fsp3) is 0.600. The molecule has 1 aliphatic carbocycles. The summed E-state index contributed by atoms with van der Waals surface area (Å²) in [7, 11) is 0. The predicted molar refractivity (Wildman–Crippen MR) is 81.0 cm³/mol. The van der Waals surface area contributed by atoms with Gasteiger partial charge in [0.25, 0.3) is 5.69 Å². The van der Waals surface area contributed by atoms with Crippen molar-refractivity contribution in [2.75, 3.05) is 6.54 Å². The molecule has 110 valence electrons. The number of halogens is 1. The lowest BCUT2D eigenvalue weighted by Gasteiger charge is -2.23.